The molecule has 0 saturated heterocycles. The van der Waals surface area contributed by atoms with Crippen molar-refractivity contribution in [3.8, 4) is 0 Å². The number of rotatable bonds is 1. The monoisotopic (exact) mass is 233 g/mol. The van der Waals surface area contributed by atoms with Crippen LogP contribution in [0.25, 0.3) is 0 Å². The maximum absolute atomic E-state index is 12.7. The van der Waals surface area contributed by atoms with Gasteiger partial charge in [-0.15, -0.1) is 11.8 Å². The molecule has 0 aromatic heterocycles. The molecule has 1 aromatic rings. The van der Waals surface area contributed by atoms with Crippen LogP contribution in [0.5, 0.6) is 0 Å². The van der Waals surface area contributed by atoms with Crippen LogP contribution in [0.15, 0.2) is 17.0 Å². The molecule has 15 heavy (non-hydrogen) atoms. The van der Waals surface area contributed by atoms with Gasteiger partial charge in [0, 0.05) is 17.1 Å². The van der Waals surface area contributed by atoms with Crippen LogP contribution < -0.4 is 5.32 Å². The summed E-state index contributed by atoms with van der Waals surface area (Å²) in [4.78, 5) is 0.310. The molecule has 5 heteroatoms. The molecule has 1 aliphatic heterocycles. The molecule has 1 N–H and O–H groups in total. The van der Waals surface area contributed by atoms with E-state index in [1.807, 2.05) is 0 Å². The van der Waals surface area contributed by atoms with Gasteiger partial charge in [0.15, 0.2) is 0 Å². The molecule has 1 heterocycles. The number of thioether (sulfide) groups is 1. The minimum absolute atomic E-state index is 0.310. The number of halogens is 3. The lowest BCUT2D eigenvalue weighted by Crippen LogP contribution is -2.07. The number of hydrogen-bond donors (Lipinski definition) is 1. The van der Waals surface area contributed by atoms with Crippen LogP contribution in [0.2, 0.25) is 0 Å². The molecule has 0 atom stereocenters. The molecule has 0 amide bonds. The van der Waals surface area contributed by atoms with E-state index in [4.69, 9.17) is 0 Å². The van der Waals surface area contributed by atoms with Gasteiger partial charge in [-0.25, -0.2) is 0 Å². The van der Waals surface area contributed by atoms with Gasteiger partial charge in [0.1, 0.15) is 0 Å². The van der Waals surface area contributed by atoms with Gasteiger partial charge >= 0.3 is 6.18 Å². The molecule has 0 saturated carbocycles. The molecule has 0 unspecified atom stereocenters. The summed E-state index contributed by atoms with van der Waals surface area (Å²) in [6.45, 7) is 0.727. The second kappa shape index (κ2) is 3.63. The van der Waals surface area contributed by atoms with Gasteiger partial charge < -0.3 is 5.32 Å². The molecule has 82 valence electrons. The van der Waals surface area contributed by atoms with Gasteiger partial charge in [-0.3, -0.25) is 0 Å². The van der Waals surface area contributed by atoms with Crippen molar-refractivity contribution >= 4 is 17.4 Å². The van der Waals surface area contributed by atoms with E-state index < -0.39 is 11.7 Å². The first-order valence-corrected chi connectivity index (χ1v) is 5.77. The number of nitrogens with one attached hydrogen (secondary N) is 1. The Morgan fingerprint density at radius 2 is 2.07 bits per heavy atom. The summed E-state index contributed by atoms with van der Waals surface area (Å²) in [6.07, 6.45) is -1.79. The molecule has 1 nitrogen and oxygen atoms in total. The van der Waals surface area contributed by atoms with Crippen LogP contribution in [-0.4, -0.2) is 12.8 Å². The summed E-state index contributed by atoms with van der Waals surface area (Å²) in [6, 6.07) is 2.86. The van der Waals surface area contributed by atoms with Crippen molar-refractivity contribution < 1.29 is 13.2 Å². The number of anilines is 1. The van der Waals surface area contributed by atoms with Crippen molar-refractivity contribution in [1.82, 2.24) is 0 Å². The first-order valence-electron chi connectivity index (χ1n) is 4.54. The average Bonchev–Trinajstić information content (AvgIpc) is 2.60. The molecule has 0 spiro atoms. The number of alkyl halides is 3. The maximum atomic E-state index is 12.7. The fourth-order valence-corrected chi connectivity index (χ4v) is 2.37. The zero-order valence-electron chi connectivity index (χ0n) is 8.11. The first-order chi connectivity index (χ1) is 7.02. The van der Waals surface area contributed by atoms with Crippen LogP contribution >= 0.6 is 11.8 Å². The zero-order chi connectivity index (χ0) is 11.1. The lowest BCUT2D eigenvalue weighted by atomic mass is 10.1. The normalized spacial score (nSPS) is 14.9. The molecule has 2 rings (SSSR count). The van der Waals surface area contributed by atoms with Gasteiger partial charge in [0.05, 0.1) is 5.56 Å². The van der Waals surface area contributed by atoms with Crippen LogP contribution in [0.3, 0.4) is 0 Å². The highest BCUT2D eigenvalue weighted by Crippen LogP contribution is 2.40. The molecule has 0 bridgehead atoms. The Bertz CT molecular complexity index is 387. The van der Waals surface area contributed by atoms with Crippen molar-refractivity contribution in [3.63, 3.8) is 0 Å². The Kier molecular flexibility index (Phi) is 2.58. The molecule has 0 fully saturated rings. The molecule has 0 radical (unpaired) electrons. The molecular formula is C10H10F3NS. The largest absolute Gasteiger partial charge is 0.417 e. The quantitative estimate of drug-likeness (QED) is 0.746. The predicted octanol–water partition coefficient (Wildman–Crippen LogP) is 3.40. The summed E-state index contributed by atoms with van der Waals surface area (Å²) in [5, 5.41) is 2.95. The number of benzene rings is 1. The van der Waals surface area contributed by atoms with Crippen molar-refractivity contribution in [2.45, 2.75) is 17.5 Å². The zero-order valence-corrected chi connectivity index (χ0v) is 8.93. The minimum atomic E-state index is -4.27. The van der Waals surface area contributed by atoms with Crippen molar-refractivity contribution in [2.75, 3.05) is 18.1 Å². The number of fused-ring (bicyclic) bond motifs is 1. The van der Waals surface area contributed by atoms with Gasteiger partial charge in [-0.05, 0) is 30.4 Å². The summed E-state index contributed by atoms with van der Waals surface area (Å²) in [5.74, 6) is 0. The van der Waals surface area contributed by atoms with Crippen LogP contribution in [0.1, 0.15) is 11.1 Å². The van der Waals surface area contributed by atoms with Gasteiger partial charge in [-0.1, -0.05) is 0 Å². The topological polar surface area (TPSA) is 12.0 Å². The Morgan fingerprint density at radius 1 is 1.33 bits per heavy atom. The standard InChI is InChI=1S/C10H10F3NS/c1-15-9-4-6-2-3-14-8(6)5-7(9)10(11,12)13/h4-5,14H,2-3H2,1H3. The Morgan fingerprint density at radius 3 is 2.67 bits per heavy atom. The number of hydrogen-bond acceptors (Lipinski definition) is 2. The van der Waals surface area contributed by atoms with E-state index in [9.17, 15) is 13.2 Å². The molecule has 1 aliphatic rings. The average molecular weight is 233 g/mol. The van der Waals surface area contributed by atoms with E-state index in [1.165, 1.54) is 6.07 Å². The van der Waals surface area contributed by atoms with Crippen molar-refractivity contribution in [3.05, 3.63) is 23.3 Å². The van der Waals surface area contributed by atoms with Crippen molar-refractivity contribution in [1.29, 1.82) is 0 Å². The second-order valence-electron chi connectivity index (χ2n) is 3.38. The van der Waals surface area contributed by atoms with E-state index in [0.717, 1.165) is 30.3 Å². The van der Waals surface area contributed by atoms with E-state index in [1.54, 1.807) is 12.3 Å². The van der Waals surface area contributed by atoms with Gasteiger partial charge in [-0.2, -0.15) is 13.2 Å². The third kappa shape index (κ3) is 1.93. The van der Waals surface area contributed by atoms with Gasteiger partial charge in [0.2, 0.25) is 0 Å². The molecular weight excluding hydrogens is 223 g/mol. The van der Waals surface area contributed by atoms with Crippen LogP contribution in [-0.2, 0) is 12.6 Å². The van der Waals surface area contributed by atoms with E-state index >= 15 is 0 Å². The summed E-state index contributed by atoms with van der Waals surface area (Å²) in [7, 11) is 0. The summed E-state index contributed by atoms with van der Waals surface area (Å²) in [5.41, 5.74) is 1.07. The molecule has 0 aliphatic carbocycles. The van der Waals surface area contributed by atoms with E-state index in [0.29, 0.717) is 10.6 Å². The van der Waals surface area contributed by atoms with Crippen LogP contribution in [0, 0.1) is 0 Å². The smallest absolute Gasteiger partial charge is 0.384 e. The first kappa shape index (κ1) is 10.7. The second-order valence-corrected chi connectivity index (χ2v) is 4.23. The highest BCUT2D eigenvalue weighted by molar-refractivity contribution is 7.98. The summed E-state index contributed by atoms with van der Waals surface area (Å²) < 4.78 is 38.0. The SMILES string of the molecule is CSc1cc2c(cc1C(F)(F)F)NCC2. The third-order valence-corrected chi connectivity index (χ3v) is 3.22. The maximum Gasteiger partial charge on any atom is 0.417 e. The fourth-order valence-electron chi connectivity index (χ4n) is 1.72. The Hall–Kier alpha value is -0.840. The lowest BCUT2D eigenvalue weighted by molar-refractivity contribution is -0.139. The highest BCUT2D eigenvalue weighted by atomic mass is 32.2. The Balaban J connectivity index is 2.54. The lowest BCUT2D eigenvalue weighted by Gasteiger charge is -2.13. The van der Waals surface area contributed by atoms with E-state index in [2.05, 4.69) is 5.32 Å². The predicted molar refractivity (Wildman–Crippen MR) is 55.4 cm³/mol. The summed E-state index contributed by atoms with van der Waals surface area (Å²) >= 11 is 1.14. The molecule has 1 aromatic carbocycles. The Labute approximate surface area is 90.1 Å². The van der Waals surface area contributed by atoms with E-state index in [-0.39, 0.29) is 0 Å². The van der Waals surface area contributed by atoms with Crippen LogP contribution in [0.4, 0.5) is 18.9 Å². The van der Waals surface area contributed by atoms with Gasteiger partial charge in [0.25, 0.3) is 0 Å². The van der Waals surface area contributed by atoms with Crippen molar-refractivity contribution in [2.24, 2.45) is 0 Å². The minimum Gasteiger partial charge on any atom is -0.384 e. The third-order valence-electron chi connectivity index (χ3n) is 2.44. The fraction of sp³-hybridized carbons (Fsp3) is 0.400. The highest BCUT2D eigenvalue weighted by Gasteiger charge is 2.34.